The minimum absolute atomic E-state index is 0.0964. The number of aliphatic carboxylic acids is 1. The number of carboxylic acid groups (broad SMARTS) is 1. The third kappa shape index (κ3) is 5.62. The first kappa shape index (κ1) is 27.9. The van der Waals surface area contributed by atoms with E-state index in [9.17, 15) is 36.3 Å². The second kappa shape index (κ2) is 10.7. The molecular formula is C28H27F5N2O5. The third-order valence-electron chi connectivity index (χ3n) is 7.78. The Bertz CT molecular complexity index is 1290. The van der Waals surface area contributed by atoms with Crippen LogP contribution in [0.15, 0.2) is 42.5 Å². The highest BCUT2D eigenvalue weighted by Gasteiger charge is 2.51. The molecule has 2 amide bonds. The summed E-state index contributed by atoms with van der Waals surface area (Å²) in [6.07, 6.45) is -4.92. The molecule has 1 N–H and O–H groups in total. The van der Waals surface area contributed by atoms with Gasteiger partial charge in [0.25, 0.3) is 12.3 Å². The quantitative estimate of drug-likeness (QED) is 0.382. The Balaban J connectivity index is 1.56. The highest BCUT2D eigenvalue weighted by molar-refractivity contribution is 6.07. The molecule has 2 fully saturated rings. The van der Waals surface area contributed by atoms with Crippen molar-refractivity contribution in [2.24, 2.45) is 5.92 Å². The number of hydrogen-bond acceptors (Lipinski definition) is 4. The Morgan fingerprint density at radius 3 is 2.30 bits per heavy atom. The number of ether oxygens (including phenoxy) is 1. The molecule has 40 heavy (non-hydrogen) atoms. The molecule has 3 atom stereocenters. The van der Waals surface area contributed by atoms with Crippen LogP contribution in [-0.2, 0) is 9.59 Å². The number of fused-ring (bicyclic) bond motifs is 2. The Morgan fingerprint density at radius 1 is 1.00 bits per heavy atom. The molecule has 2 saturated carbocycles. The molecule has 0 radical (unpaired) electrons. The Kier molecular flexibility index (Phi) is 7.45. The molecule has 1 aliphatic heterocycles. The third-order valence-corrected chi connectivity index (χ3v) is 7.78. The van der Waals surface area contributed by atoms with E-state index in [0.29, 0.717) is 43.4 Å². The SMILES string of the molecule is O=C(O)CCC(=O)N(C1CC1)[C@H]1c2cc(C(F)F)ccc2N(C(=O)c2ccc(OC(F)(F)F)cc2)[C@H]2CCC[C@H]21. The number of carbonyl (C=O) groups is 3. The number of hydrogen-bond donors (Lipinski definition) is 1. The fourth-order valence-corrected chi connectivity index (χ4v) is 6.07. The van der Waals surface area contributed by atoms with Gasteiger partial charge in [0.15, 0.2) is 0 Å². The van der Waals surface area contributed by atoms with Crippen molar-refractivity contribution >= 4 is 23.5 Å². The molecule has 12 heteroatoms. The van der Waals surface area contributed by atoms with Gasteiger partial charge in [0, 0.05) is 41.2 Å². The van der Waals surface area contributed by atoms with Gasteiger partial charge in [0.2, 0.25) is 5.91 Å². The van der Waals surface area contributed by atoms with Crippen molar-refractivity contribution in [2.75, 3.05) is 4.90 Å². The summed E-state index contributed by atoms with van der Waals surface area (Å²) in [6, 6.07) is 7.36. The van der Waals surface area contributed by atoms with E-state index in [-0.39, 0.29) is 47.9 Å². The second-order valence-corrected chi connectivity index (χ2v) is 10.4. The van der Waals surface area contributed by atoms with Crippen LogP contribution < -0.4 is 9.64 Å². The lowest BCUT2D eigenvalue weighted by Crippen LogP contribution is -2.53. The molecule has 214 valence electrons. The first-order valence-corrected chi connectivity index (χ1v) is 13.1. The fraction of sp³-hybridized carbons (Fsp3) is 0.464. The maximum absolute atomic E-state index is 13.8. The van der Waals surface area contributed by atoms with Crippen LogP contribution in [-0.4, -0.2) is 46.2 Å². The molecule has 5 rings (SSSR count). The fourth-order valence-electron chi connectivity index (χ4n) is 6.07. The molecular weight excluding hydrogens is 539 g/mol. The van der Waals surface area contributed by atoms with Gasteiger partial charge >= 0.3 is 12.3 Å². The summed E-state index contributed by atoms with van der Waals surface area (Å²) in [5.74, 6) is -2.76. The second-order valence-electron chi connectivity index (χ2n) is 10.4. The minimum Gasteiger partial charge on any atom is -0.481 e. The summed E-state index contributed by atoms with van der Waals surface area (Å²) in [6.45, 7) is 0. The maximum atomic E-state index is 13.8. The van der Waals surface area contributed by atoms with Crippen LogP contribution in [0, 0.1) is 5.92 Å². The molecule has 0 unspecified atom stereocenters. The average molecular weight is 567 g/mol. The number of alkyl halides is 5. The number of rotatable bonds is 8. The lowest BCUT2D eigenvalue weighted by atomic mass is 9.80. The van der Waals surface area contributed by atoms with Gasteiger partial charge in [-0.05, 0) is 67.6 Å². The van der Waals surface area contributed by atoms with Crippen LogP contribution in [0.5, 0.6) is 5.75 Å². The molecule has 2 aromatic carbocycles. The van der Waals surface area contributed by atoms with Gasteiger partial charge in [-0.25, -0.2) is 8.78 Å². The van der Waals surface area contributed by atoms with E-state index in [1.54, 1.807) is 4.90 Å². The summed E-state index contributed by atoms with van der Waals surface area (Å²) in [5, 5.41) is 9.13. The number of halogens is 5. The molecule has 3 aliphatic rings. The molecule has 0 aromatic heterocycles. The van der Waals surface area contributed by atoms with Crippen LogP contribution in [0.25, 0.3) is 0 Å². The van der Waals surface area contributed by atoms with Crippen LogP contribution in [0.1, 0.15) is 78.9 Å². The molecule has 1 heterocycles. The van der Waals surface area contributed by atoms with E-state index in [1.165, 1.54) is 35.2 Å². The van der Waals surface area contributed by atoms with Crippen molar-refractivity contribution in [3.05, 3.63) is 59.2 Å². The minimum atomic E-state index is -4.89. The average Bonchev–Trinajstić information content (AvgIpc) is 3.61. The number of carboxylic acids is 1. The van der Waals surface area contributed by atoms with Crippen LogP contribution in [0.2, 0.25) is 0 Å². The van der Waals surface area contributed by atoms with Crippen molar-refractivity contribution in [2.45, 2.75) is 75.9 Å². The van der Waals surface area contributed by atoms with Crippen molar-refractivity contribution in [3.8, 4) is 5.75 Å². The summed E-state index contributed by atoms with van der Waals surface area (Å²) in [7, 11) is 0. The maximum Gasteiger partial charge on any atom is 0.573 e. The van der Waals surface area contributed by atoms with E-state index >= 15 is 0 Å². The number of benzene rings is 2. The normalized spacial score (nSPS) is 22.1. The van der Waals surface area contributed by atoms with Gasteiger partial charge in [-0.1, -0.05) is 12.5 Å². The van der Waals surface area contributed by atoms with Crippen molar-refractivity contribution < 1.29 is 46.2 Å². The van der Waals surface area contributed by atoms with E-state index < -0.39 is 36.5 Å². The first-order chi connectivity index (χ1) is 18.9. The standard InChI is InChI=1S/C28H27F5N2O5/c29-26(30)16-6-11-22-20(14-16)25(34(17-7-8-17)23(36)12-13-24(37)38)19-2-1-3-21(19)35(22)27(39)15-4-9-18(10-5-15)40-28(31,32)33/h4-6,9-11,14,17,19,21,25-26H,1-3,7-8,12-13H2,(H,37,38)/t19-,21+,25-/m1/s1. The highest BCUT2D eigenvalue weighted by atomic mass is 19.4. The van der Waals surface area contributed by atoms with Crippen LogP contribution >= 0.6 is 0 Å². The molecule has 2 aromatic rings. The monoisotopic (exact) mass is 566 g/mol. The Hall–Kier alpha value is -3.70. The van der Waals surface area contributed by atoms with Crippen molar-refractivity contribution in [3.63, 3.8) is 0 Å². The number of amides is 2. The highest BCUT2D eigenvalue weighted by Crippen LogP contribution is 2.53. The summed E-state index contributed by atoms with van der Waals surface area (Å²) < 4.78 is 69.3. The largest absolute Gasteiger partial charge is 0.573 e. The summed E-state index contributed by atoms with van der Waals surface area (Å²) in [5.41, 5.74) is 0.575. The van der Waals surface area contributed by atoms with Crippen molar-refractivity contribution in [1.82, 2.24) is 4.90 Å². The summed E-state index contributed by atoms with van der Waals surface area (Å²) in [4.78, 5) is 41.5. The summed E-state index contributed by atoms with van der Waals surface area (Å²) >= 11 is 0. The van der Waals surface area contributed by atoms with Gasteiger partial charge < -0.3 is 19.6 Å². The first-order valence-electron chi connectivity index (χ1n) is 13.1. The smallest absolute Gasteiger partial charge is 0.481 e. The predicted molar refractivity (Wildman–Crippen MR) is 132 cm³/mol. The number of carbonyl (C=O) groups excluding carboxylic acids is 2. The van der Waals surface area contributed by atoms with E-state index in [0.717, 1.165) is 12.1 Å². The van der Waals surface area contributed by atoms with Gasteiger partial charge in [0.05, 0.1) is 12.5 Å². The molecule has 0 spiro atoms. The number of nitrogens with zero attached hydrogens (tertiary/aromatic N) is 2. The Morgan fingerprint density at radius 2 is 1.70 bits per heavy atom. The van der Waals surface area contributed by atoms with Crippen LogP contribution in [0.3, 0.4) is 0 Å². The lowest BCUT2D eigenvalue weighted by Gasteiger charge is -2.48. The van der Waals surface area contributed by atoms with E-state index in [2.05, 4.69) is 4.74 Å². The van der Waals surface area contributed by atoms with Gasteiger partial charge in [-0.15, -0.1) is 13.2 Å². The van der Waals surface area contributed by atoms with E-state index in [4.69, 9.17) is 5.11 Å². The molecule has 0 bridgehead atoms. The zero-order chi connectivity index (χ0) is 28.8. The lowest BCUT2D eigenvalue weighted by molar-refractivity contribution is -0.274. The van der Waals surface area contributed by atoms with Crippen molar-refractivity contribution in [1.29, 1.82) is 0 Å². The predicted octanol–water partition coefficient (Wildman–Crippen LogP) is 6.25. The Labute approximate surface area is 226 Å². The molecule has 2 aliphatic carbocycles. The molecule has 0 saturated heterocycles. The van der Waals surface area contributed by atoms with Gasteiger partial charge in [-0.3, -0.25) is 14.4 Å². The zero-order valence-electron chi connectivity index (χ0n) is 21.2. The molecule has 7 nitrogen and oxygen atoms in total. The number of anilines is 1. The topological polar surface area (TPSA) is 87.2 Å². The van der Waals surface area contributed by atoms with Gasteiger partial charge in [-0.2, -0.15) is 0 Å². The van der Waals surface area contributed by atoms with E-state index in [1.807, 2.05) is 0 Å². The van der Waals surface area contributed by atoms with Crippen LogP contribution in [0.4, 0.5) is 27.6 Å². The van der Waals surface area contributed by atoms with Gasteiger partial charge in [0.1, 0.15) is 5.75 Å². The zero-order valence-corrected chi connectivity index (χ0v) is 21.2.